The molecule has 150 valence electrons. The average molecular weight is 464 g/mol. The Morgan fingerprint density at radius 3 is 2.73 bits per heavy atom. The number of benzene rings is 2. The van der Waals surface area contributed by atoms with Crippen LogP contribution in [0, 0.1) is 0 Å². The van der Waals surface area contributed by atoms with Gasteiger partial charge in [-0.3, -0.25) is 0 Å². The Kier molecular flexibility index (Phi) is 4.59. The van der Waals surface area contributed by atoms with Crippen molar-refractivity contribution in [2.75, 3.05) is 5.32 Å². The van der Waals surface area contributed by atoms with Crippen LogP contribution < -0.4 is 10.1 Å². The molecule has 0 fully saturated rings. The molecule has 0 aliphatic carbocycles. The molecule has 0 unspecified atom stereocenters. The van der Waals surface area contributed by atoms with Gasteiger partial charge in [-0.1, -0.05) is 15.9 Å². The molecule has 0 atom stereocenters. The van der Waals surface area contributed by atoms with Crippen LogP contribution in [-0.2, 0) is 13.6 Å². The first-order valence-electron chi connectivity index (χ1n) is 9.46. The maximum atomic E-state index is 6.06. The molecule has 0 spiro atoms. The molecule has 0 bridgehead atoms. The monoisotopic (exact) mass is 463 g/mol. The quantitative estimate of drug-likeness (QED) is 0.393. The number of hydrogen-bond acceptors (Lipinski definition) is 6. The largest absolute Gasteiger partial charge is 0.438 e. The lowest BCUT2D eigenvalue weighted by atomic mass is 10.3. The zero-order valence-corrected chi connectivity index (χ0v) is 18.0. The Bertz CT molecular complexity index is 1360. The van der Waals surface area contributed by atoms with Crippen molar-refractivity contribution < 1.29 is 4.74 Å². The Labute approximate surface area is 180 Å². The first kappa shape index (κ1) is 18.6. The summed E-state index contributed by atoms with van der Waals surface area (Å²) in [5.41, 5.74) is 3.53. The van der Waals surface area contributed by atoms with Gasteiger partial charge in [-0.05, 0) is 43.3 Å². The van der Waals surface area contributed by atoms with Crippen LogP contribution in [0.3, 0.4) is 0 Å². The van der Waals surface area contributed by atoms with Crippen molar-refractivity contribution in [2.45, 2.75) is 13.5 Å². The van der Waals surface area contributed by atoms with Gasteiger partial charge in [0.15, 0.2) is 5.65 Å². The third-order valence-corrected chi connectivity index (χ3v) is 5.39. The standard InChI is InChI=1S/C21H18BrN7O/c1-3-29-19-16(11-25-29)20(24-12-23-19)30-15-8-9-18-17(10-15)27-21(28(18)2)26-14-6-4-13(22)5-7-14/h4-12H,3H2,1-2H3,(H,26,27). The minimum Gasteiger partial charge on any atom is -0.438 e. The van der Waals surface area contributed by atoms with Gasteiger partial charge in [-0.15, -0.1) is 0 Å². The van der Waals surface area contributed by atoms with Crippen molar-refractivity contribution in [3.63, 3.8) is 0 Å². The van der Waals surface area contributed by atoms with Crippen molar-refractivity contribution in [3.05, 3.63) is 59.5 Å². The molecule has 0 saturated carbocycles. The van der Waals surface area contributed by atoms with Gasteiger partial charge in [0, 0.05) is 29.8 Å². The van der Waals surface area contributed by atoms with E-state index in [1.807, 2.05) is 65.7 Å². The maximum absolute atomic E-state index is 6.06. The second-order valence-electron chi connectivity index (χ2n) is 6.76. The Morgan fingerprint density at radius 1 is 1.10 bits per heavy atom. The van der Waals surface area contributed by atoms with Gasteiger partial charge < -0.3 is 14.6 Å². The molecular weight excluding hydrogens is 446 g/mol. The minimum atomic E-state index is 0.475. The van der Waals surface area contributed by atoms with E-state index in [-0.39, 0.29) is 0 Å². The molecule has 0 radical (unpaired) electrons. The summed E-state index contributed by atoms with van der Waals surface area (Å²) in [4.78, 5) is 13.3. The fourth-order valence-electron chi connectivity index (χ4n) is 3.31. The fraction of sp³-hybridized carbons (Fsp3) is 0.143. The van der Waals surface area contributed by atoms with Crippen molar-refractivity contribution in [3.8, 4) is 11.6 Å². The number of imidazole rings is 1. The van der Waals surface area contributed by atoms with Gasteiger partial charge in [0.1, 0.15) is 17.5 Å². The zero-order valence-electron chi connectivity index (χ0n) is 16.4. The smallest absolute Gasteiger partial charge is 0.233 e. The zero-order chi connectivity index (χ0) is 20.7. The van der Waals surface area contributed by atoms with Crippen LogP contribution in [0.15, 0.2) is 59.5 Å². The lowest BCUT2D eigenvalue weighted by Gasteiger charge is -2.06. The van der Waals surface area contributed by atoms with E-state index in [1.54, 1.807) is 6.20 Å². The lowest BCUT2D eigenvalue weighted by molar-refractivity contribution is 0.468. The summed E-state index contributed by atoms with van der Waals surface area (Å²) >= 11 is 3.45. The normalized spacial score (nSPS) is 11.3. The number of aryl methyl sites for hydroxylation is 2. The predicted molar refractivity (Wildman–Crippen MR) is 119 cm³/mol. The van der Waals surface area contributed by atoms with Gasteiger partial charge in [0.05, 0.1) is 17.2 Å². The summed E-state index contributed by atoms with van der Waals surface area (Å²) in [6.07, 6.45) is 3.22. The highest BCUT2D eigenvalue weighted by Gasteiger charge is 2.13. The summed E-state index contributed by atoms with van der Waals surface area (Å²) in [6.45, 7) is 2.75. The molecule has 5 rings (SSSR count). The number of aromatic nitrogens is 6. The van der Waals surface area contributed by atoms with Crippen molar-refractivity contribution in [2.24, 2.45) is 7.05 Å². The van der Waals surface area contributed by atoms with Crippen molar-refractivity contribution in [1.82, 2.24) is 29.3 Å². The number of rotatable bonds is 5. The van der Waals surface area contributed by atoms with Crippen LogP contribution in [0.1, 0.15) is 6.92 Å². The highest BCUT2D eigenvalue weighted by molar-refractivity contribution is 9.10. The van der Waals surface area contributed by atoms with Gasteiger partial charge in [0.25, 0.3) is 0 Å². The van der Waals surface area contributed by atoms with E-state index >= 15 is 0 Å². The molecule has 1 N–H and O–H groups in total. The summed E-state index contributed by atoms with van der Waals surface area (Å²) in [5.74, 6) is 1.88. The highest BCUT2D eigenvalue weighted by Crippen LogP contribution is 2.30. The van der Waals surface area contributed by atoms with E-state index in [9.17, 15) is 0 Å². The average Bonchev–Trinajstić information content (AvgIpc) is 3.31. The van der Waals surface area contributed by atoms with Crippen molar-refractivity contribution in [1.29, 1.82) is 0 Å². The predicted octanol–water partition coefficient (Wildman–Crippen LogP) is 5.03. The Hall–Kier alpha value is -3.46. The van der Waals surface area contributed by atoms with Crippen LogP contribution in [0.25, 0.3) is 22.1 Å². The summed E-state index contributed by atoms with van der Waals surface area (Å²) in [6, 6.07) is 13.8. The number of halogens is 1. The van der Waals surface area contributed by atoms with Crippen LogP contribution in [0.4, 0.5) is 11.6 Å². The molecule has 3 aromatic heterocycles. The molecule has 0 aliphatic rings. The van der Waals surface area contributed by atoms with Crippen LogP contribution in [0.2, 0.25) is 0 Å². The molecule has 3 heterocycles. The van der Waals surface area contributed by atoms with E-state index in [2.05, 4.69) is 36.3 Å². The number of nitrogens with zero attached hydrogens (tertiary/aromatic N) is 6. The van der Waals surface area contributed by atoms with Crippen LogP contribution in [0.5, 0.6) is 11.6 Å². The van der Waals surface area contributed by atoms with E-state index in [4.69, 9.17) is 9.72 Å². The molecule has 2 aromatic carbocycles. The number of fused-ring (bicyclic) bond motifs is 2. The fourth-order valence-corrected chi connectivity index (χ4v) is 3.58. The molecule has 30 heavy (non-hydrogen) atoms. The molecule has 0 saturated heterocycles. The lowest BCUT2D eigenvalue weighted by Crippen LogP contribution is -1.98. The van der Waals surface area contributed by atoms with Gasteiger partial charge in [-0.2, -0.15) is 5.10 Å². The number of ether oxygens (including phenoxy) is 1. The van der Waals surface area contributed by atoms with E-state index in [0.29, 0.717) is 11.6 Å². The molecule has 9 heteroatoms. The van der Waals surface area contributed by atoms with Crippen molar-refractivity contribution >= 4 is 49.6 Å². The number of hydrogen-bond donors (Lipinski definition) is 1. The summed E-state index contributed by atoms with van der Waals surface area (Å²) in [7, 11) is 1.98. The molecule has 0 aliphatic heterocycles. The SMILES string of the molecule is CCn1ncc2c(Oc3ccc4c(c3)nc(Nc3ccc(Br)cc3)n4C)ncnc21. The number of nitrogens with one attached hydrogen (secondary N) is 1. The maximum Gasteiger partial charge on any atom is 0.233 e. The van der Waals surface area contributed by atoms with Crippen LogP contribution in [-0.4, -0.2) is 29.3 Å². The molecular formula is C21H18BrN7O. The third-order valence-electron chi connectivity index (χ3n) is 4.86. The van der Waals surface area contributed by atoms with Crippen LogP contribution >= 0.6 is 15.9 Å². The van der Waals surface area contributed by atoms with E-state index < -0.39 is 0 Å². The van der Waals surface area contributed by atoms with E-state index in [0.717, 1.165) is 44.7 Å². The first-order chi connectivity index (χ1) is 14.6. The number of anilines is 2. The highest BCUT2D eigenvalue weighted by atomic mass is 79.9. The third kappa shape index (κ3) is 3.26. The topological polar surface area (TPSA) is 82.7 Å². The van der Waals surface area contributed by atoms with Gasteiger partial charge >= 0.3 is 0 Å². The van der Waals surface area contributed by atoms with Gasteiger partial charge in [0.2, 0.25) is 11.8 Å². The Balaban J connectivity index is 1.47. The minimum absolute atomic E-state index is 0.475. The molecule has 0 amide bonds. The first-order valence-corrected chi connectivity index (χ1v) is 10.2. The molecule has 8 nitrogen and oxygen atoms in total. The van der Waals surface area contributed by atoms with Gasteiger partial charge in [-0.25, -0.2) is 19.6 Å². The second-order valence-corrected chi connectivity index (χ2v) is 7.67. The second kappa shape index (κ2) is 7.42. The molecule has 5 aromatic rings. The summed E-state index contributed by atoms with van der Waals surface area (Å²) in [5, 5.41) is 8.46. The Morgan fingerprint density at radius 2 is 1.93 bits per heavy atom. The van der Waals surface area contributed by atoms with E-state index in [1.165, 1.54) is 6.33 Å². The summed E-state index contributed by atoms with van der Waals surface area (Å²) < 4.78 is 10.9.